The van der Waals surface area contributed by atoms with Crippen molar-refractivity contribution in [2.75, 3.05) is 0 Å². The molecule has 1 aromatic heterocycles. The van der Waals surface area contributed by atoms with E-state index in [0.717, 1.165) is 4.68 Å². The zero-order valence-corrected chi connectivity index (χ0v) is 5.76. The van der Waals surface area contributed by atoms with Crippen LogP contribution in [0.5, 0.6) is 0 Å². The Morgan fingerprint density at radius 2 is 2.18 bits per heavy atom. The van der Waals surface area contributed by atoms with E-state index in [0.29, 0.717) is 5.69 Å². The van der Waals surface area contributed by atoms with E-state index < -0.39 is 12.7 Å². The van der Waals surface area contributed by atoms with Crippen LogP contribution < -0.4 is 0 Å². The van der Waals surface area contributed by atoms with Gasteiger partial charge in [0.25, 0.3) is 0 Å². The van der Waals surface area contributed by atoms with Crippen LogP contribution in [0, 0.1) is 6.92 Å². The topological polar surface area (TPSA) is 30.7 Å². The smallest absolute Gasteiger partial charge is 0.241 e. The standard InChI is InChI=1S/C5H6F3N3/c1-4-2-9-10-11(4)3-5(6,7)8/h2H,3H2,1H3. The summed E-state index contributed by atoms with van der Waals surface area (Å²) in [6.07, 6.45) is -2.94. The Labute approximate surface area is 60.8 Å². The number of halogens is 3. The van der Waals surface area contributed by atoms with Gasteiger partial charge in [-0.15, -0.1) is 5.10 Å². The summed E-state index contributed by atoms with van der Waals surface area (Å²) in [5, 5.41) is 6.57. The van der Waals surface area contributed by atoms with Crippen LogP contribution in [0.15, 0.2) is 6.20 Å². The molecule has 0 atom stereocenters. The Bertz CT molecular complexity index is 239. The number of aromatic nitrogens is 3. The van der Waals surface area contributed by atoms with Gasteiger partial charge in [-0.2, -0.15) is 13.2 Å². The third kappa shape index (κ3) is 2.21. The quantitative estimate of drug-likeness (QED) is 0.624. The lowest BCUT2D eigenvalue weighted by molar-refractivity contribution is -0.143. The normalized spacial score (nSPS) is 12.0. The molecule has 1 heterocycles. The summed E-state index contributed by atoms with van der Waals surface area (Å²) in [7, 11) is 0. The Morgan fingerprint density at radius 3 is 2.55 bits per heavy atom. The highest BCUT2D eigenvalue weighted by Crippen LogP contribution is 2.17. The first-order valence-corrected chi connectivity index (χ1v) is 2.91. The minimum absolute atomic E-state index is 0.405. The minimum Gasteiger partial charge on any atom is -0.241 e. The molecule has 0 aliphatic heterocycles. The molecule has 0 fully saturated rings. The molecule has 6 heteroatoms. The Hall–Kier alpha value is -1.07. The van der Waals surface area contributed by atoms with Crippen molar-refractivity contribution >= 4 is 0 Å². The lowest BCUT2D eigenvalue weighted by atomic mass is 10.5. The Morgan fingerprint density at radius 1 is 1.55 bits per heavy atom. The zero-order chi connectivity index (χ0) is 8.48. The van der Waals surface area contributed by atoms with Gasteiger partial charge in [0.05, 0.1) is 11.9 Å². The van der Waals surface area contributed by atoms with Crippen LogP contribution in [-0.4, -0.2) is 21.2 Å². The largest absolute Gasteiger partial charge is 0.408 e. The molecule has 0 aromatic carbocycles. The molecule has 0 amide bonds. The second kappa shape index (κ2) is 2.52. The molecule has 1 rings (SSSR count). The summed E-state index contributed by atoms with van der Waals surface area (Å²) in [5.41, 5.74) is 0.405. The van der Waals surface area contributed by atoms with Crippen molar-refractivity contribution in [3.63, 3.8) is 0 Å². The monoisotopic (exact) mass is 165 g/mol. The second-order valence-corrected chi connectivity index (χ2v) is 2.15. The van der Waals surface area contributed by atoms with E-state index in [9.17, 15) is 13.2 Å². The molecule has 0 unspecified atom stereocenters. The van der Waals surface area contributed by atoms with E-state index in [2.05, 4.69) is 10.3 Å². The average Bonchev–Trinajstić information content (AvgIpc) is 2.12. The Balaban J connectivity index is 2.72. The molecule has 0 radical (unpaired) electrons. The molecule has 1 aromatic rings. The number of rotatable bonds is 1. The first kappa shape index (κ1) is 8.03. The first-order chi connectivity index (χ1) is 4.99. The maximum atomic E-state index is 11.7. The van der Waals surface area contributed by atoms with Gasteiger partial charge >= 0.3 is 6.18 Å². The summed E-state index contributed by atoms with van der Waals surface area (Å²) in [4.78, 5) is 0. The highest BCUT2D eigenvalue weighted by atomic mass is 19.4. The van der Waals surface area contributed by atoms with Crippen molar-refractivity contribution in [1.29, 1.82) is 0 Å². The molecule has 3 nitrogen and oxygen atoms in total. The van der Waals surface area contributed by atoms with Crippen LogP contribution in [0.3, 0.4) is 0 Å². The van der Waals surface area contributed by atoms with Crippen molar-refractivity contribution in [2.24, 2.45) is 0 Å². The van der Waals surface area contributed by atoms with Gasteiger partial charge in [0.15, 0.2) is 0 Å². The number of nitrogens with zero attached hydrogens (tertiary/aromatic N) is 3. The minimum atomic E-state index is -4.22. The molecule has 0 N–H and O–H groups in total. The molecule has 11 heavy (non-hydrogen) atoms. The fraction of sp³-hybridized carbons (Fsp3) is 0.600. The molecule has 0 aliphatic carbocycles. The van der Waals surface area contributed by atoms with E-state index >= 15 is 0 Å². The van der Waals surface area contributed by atoms with E-state index in [1.165, 1.54) is 13.1 Å². The van der Waals surface area contributed by atoms with Gasteiger partial charge in [0.2, 0.25) is 0 Å². The summed E-state index contributed by atoms with van der Waals surface area (Å²) in [6, 6.07) is 0. The van der Waals surface area contributed by atoms with Crippen LogP contribution in [0.25, 0.3) is 0 Å². The van der Waals surface area contributed by atoms with Gasteiger partial charge in [0.1, 0.15) is 6.54 Å². The second-order valence-electron chi connectivity index (χ2n) is 2.15. The van der Waals surface area contributed by atoms with Crippen LogP contribution in [0.1, 0.15) is 5.69 Å². The lowest BCUT2D eigenvalue weighted by Gasteiger charge is -2.05. The van der Waals surface area contributed by atoms with Gasteiger partial charge in [-0.25, -0.2) is 4.68 Å². The van der Waals surface area contributed by atoms with E-state index in [1.54, 1.807) is 0 Å². The van der Waals surface area contributed by atoms with Crippen LogP contribution in [0.4, 0.5) is 13.2 Å². The van der Waals surface area contributed by atoms with Crippen molar-refractivity contribution in [2.45, 2.75) is 19.6 Å². The predicted octanol–water partition coefficient (Wildman–Crippen LogP) is 1.15. The number of hydrogen-bond donors (Lipinski definition) is 0. The van der Waals surface area contributed by atoms with Crippen LogP contribution >= 0.6 is 0 Å². The SMILES string of the molecule is Cc1cnnn1CC(F)(F)F. The first-order valence-electron chi connectivity index (χ1n) is 2.91. The summed E-state index contributed by atoms with van der Waals surface area (Å²) >= 11 is 0. The molecule has 0 saturated carbocycles. The van der Waals surface area contributed by atoms with Gasteiger partial charge in [-0.1, -0.05) is 5.21 Å². The summed E-state index contributed by atoms with van der Waals surface area (Å²) < 4.78 is 35.9. The highest BCUT2D eigenvalue weighted by molar-refractivity contribution is 4.88. The fourth-order valence-electron chi connectivity index (χ4n) is 0.635. The average molecular weight is 165 g/mol. The van der Waals surface area contributed by atoms with Gasteiger partial charge in [-0.3, -0.25) is 0 Å². The zero-order valence-electron chi connectivity index (χ0n) is 5.76. The van der Waals surface area contributed by atoms with Crippen molar-refractivity contribution in [3.8, 4) is 0 Å². The highest BCUT2D eigenvalue weighted by Gasteiger charge is 2.28. The van der Waals surface area contributed by atoms with E-state index in [4.69, 9.17) is 0 Å². The molecule has 0 spiro atoms. The predicted molar refractivity (Wildman–Crippen MR) is 30.8 cm³/mol. The molecular weight excluding hydrogens is 159 g/mol. The maximum Gasteiger partial charge on any atom is 0.408 e. The Kier molecular flexibility index (Phi) is 1.84. The summed E-state index contributed by atoms with van der Waals surface area (Å²) in [6.45, 7) is 0.449. The number of aryl methyl sites for hydroxylation is 1. The third-order valence-corrected chi connectivity index (χ3v) is 1.14. The van der Waals surface area contributed by atoms with Crippen LogP contribution in [-0.2, 0) is 6.54 Å². The molecule has 0 aliphatic rings. The van der Waals surface area contributed by atoms with Crippen LogP contribution in [0.2, 0.25) is 0 Å². The lowest BCUT2D eigenvalue weighted by Crippen LogP contribution is -2.19. The third-order valence-electron chi connectivity index (χ3n) is 1.14. The van der Waals surface area contributed by atoms with E-state index in [1.807, 2.05) is 0 Å². The molecule has 62 valence electrons. The molecular formula is C5H6F3N3. The number of hydrogen-bond acceptors (Lipinski definition) is 2. The molecule has 0 saturated heterocycles. The van der Waals surface area contributed by atoms with E-state index in [-0.39, 0.29) is 0 Å². The maximum absolute atomic E-state index is 11.7. The summed E-state index contributed by atoms with van der Waals surface area (Å²) in [5.74, 6) is 0. The van der Waals surface area contributed by atoms with Crippen molar-refractivity contribution < 1.29 is 13.2 Å². The van der Waals surface area contributed by atoms with Crippen molar-refractivity contribution in [3.05, 3.63) is 11.9 Å². The molecule has 0 bridgehead atoms. The van der Waals surface area contributed by atoms with Gasteiger partial charge in [0, 0.05) is 0 Å². The number of alkyl halides is 3. The fourth-order valence-corrected chi connectivity index (χ4v) is 0.635. The van der Waals surface area contributed by atoms with Gasteiger partial charge in [-0.05, 0) is 6.92 Å². The van der Waals surface area contributed by atoms with Gasteiger partial charge < -0.3 is 0 Å². The van der Waals surface area contributed by atoms with Crippen molar-refractivity contribution in [1.82, 2.24) is 15.0 Å².